The van der Waals surface area contributed by atoms with Gasteiger partial charge in [0.2, 0.25) is 0 Å². The minimum absolute atomic E-state index is 0.185. The van der Waals surface area contributed by atoms with Gasteiger partial charge >= 0.3 is 0 Å². The molecule has 0 amide bonds. The van der Waals surface area contributed by atoms with Crippen LogP contribution in [0.25, 0.3) is 0 Å². The van der Waals surface area contributed by atoms with E-state index in [0.717, 1.165) is 0 Å². The van der Waals surface area contributed by atoms with Crippen LogP contribution in [0.1, 0.15) is 12.8 Å². The van der Waals surface area contributed by atoms with Crippen molar-refractivity contribution in [2.75, 3.05) is 5.75 Å². The maximum atomic E-state index is 9.81. The molecule has 0 saturated heterocycles. The van der Waals surface area contributed by atoms with E-state index in [9.17, 15) is 8.76 Å². The fourth-order valence-electron chi connectivity index (χ4n) is 0.292. The molecule has 0 aliphatic rings. The van der Waals surface area contributed by atoms with E-state index in [1.54, 1.807) is 0 Å². The Morgan fingerprint density at radius 1 is 1.75 bits per heavy atom. The maximum Gasteiger partial charge on any atom is 0.0111 e. The van der Waals surface area contributed by atoms with Gasteiger partial charge in [-0.15, -0.1) is 12.3 Å². The van der Waals surface area contributed by atoms with E-state index in [1.165, 1.54) is 0 Å². The van der Waals surface area contributed by atoms with Gasteiger partial charge in [0.05, 0.1) is 0 Å². The van der Waals surface area contributed by atoms with Crippen LogP contribution >= 0.6 is 0 Å². The standard InChI is InChI=1S/C5H8O2S/c1-2-3-4-5-8(6)7/h1H,3-5H2,(H,6,7)/p-1. The van der Waals surface area contributed by atoms with Gasteiger partial charge in [-0.05, 0) is 6.42 Å². The molecule has 0 spiro atoms. The van der Waals surface area contributed by atoms with E-state index >= 15 is 0 Å². The van der Waals surface area contributed by atoms with Crippen molar-refractivity contribution in [2.45, 2.75) is 12.8 Å². The van der Waals surface area contributed by atoms with E-state index in [1.807, 2.05) is 0 Å². The highest BCUT2D eigenvalue weighted by Gasteiger charge is 1.81. The second kappa shape index (κ2) is 4.82. The Hall–Kier alpha value is -0.330. The largest absolute Gasteiger partial charge is 0.772 e. The van der Waals surface area contributed by atoms with Crippen LogP contribution in [0.2, 0.25) is 0 Å². The van der Waals surface area contributed by atoms with Crippen molar-refractivity contribution >= 4 is 11.1 Å². The van der Waals surface area contributed by atoms with Crippen LogP contribution in [0.15, 0.2) is 0 Å². The summed E-state index contributed by atoms with van der Waals surface area (Å²) in [7, 11) is 0. The summed E-state index contributed by atoms with van der Waals surface area (Å²) >= 11 is -1.91. The van der Waals surface area contributed by atoms with Crippen molar-refractivity contribution in [3.63, 3.8) is 0 Å². The van der Waals surface area contributed by atoms with Crippen molar-refractivity contribution < 1.29 is 8.76 Å². The molecule has 0 N–H and O–H groups in total. The molecule has 0 aliphatic heterocycles. The summed E-state index contributed by atoms with van der Waals surface area (Å²) in [4.78, 5) is 0. The molecule has 3 heteroatoms. The van der Waals surface area contributed by atoms with Crippen molar-refractivity contribution in [3.05, 3.63) is 0 Å². The predicted molar refractivity (Wildman–Crippen MR) is 31.9 cm³/mol. The molecule has 0 aromatic heterocycles. The average Bonchev–Trinajstić information content (AvgIpc) is 1.66. The molecule has 0 fully saturated rings. The number of unbranched alkanes of at least 4 members (excludes halogenated alkanes) is 1. The van der Waals surface area contributed by atoms with Crippen LogP contribution in [-0.4, -0.2) is 14.5 Å². The number of terminal acetylenes is 1. The third-order valence-electron chi connectivity index (χ3n) is 0.632. The fraction of sp³-hybridized carbons (Fsp3) is 0.600. The second-order valence-electron chi connectivity index (χ2n) is 1.32. The number of hydrogen-bond acceptors (Lipinski definition) is 2. The zero-order valence-electron chi connectivity index (χ0n) is 4.42. The highest BCUT2D eigenvalue weighted by atomic mass is 32.2. The molecular weight excluding hydrogens is 124 g/mol. The first-order chi connectivity index (χ1) is 3.77. The Kier molecular flexibility index (Phi) is 4.62. The highest BCUT2D eigenvalue weighted by Crippen LogP contribution is 1.86. The lowest BCUT2D eigenvalue weighted by Gasteiger charge is -1.99. The summed E-state index contributed by atoms with van der Waals surface area (Å²) in [6.07, 6.45) is 5.99. The molecule has 0 saturated carbocycles. The Morgan fingerprint density at radius 3 is 2.75 bits per heavy atom. The molecule has 0 heterocycles. The van der Waals surface area contributed by atoms with Crippen LogP contribution in [0, 0.1) is 12.3 Å². The summed E-state index contributed by atoms with van der Waals surface area (Å²) in [5, 5.41) is 0. The first-order valence-electron chi connectivity index (χ1n) is 2.26. The smallest absolute Gasteiger partial charge is 0.0111 e. The second-order valence-corrected chi connectivity index (χ2v) is 2.33. The molecule has 1 unspecified atom stereocenters. The third kappa shape index (κ3) is 5.67. The quantitative estimate of drug-likeness (QED) is 0.313. The van der Waals surface area contributed by atoms with E-state index in [0.29, 0.717) is 12.8 Å². The van der Waals surface area contributed by atoms with Gasteiger partial charge in [-0.25, -0.2) is 0 Å². The van der Waals surface area contributed by atoms with Crippen LogP contribution in [0.3, 0.4) is 0 Å². The summed E-state index contributed by atoms with van der Waals surface area (Å²) < 4.78 is 19.6. The molecule has 2 nitrogen and oxygen atoms in total. The fourth-order valence-corrected chi connectivity index (χ4v) is 0.672. The van der Waals surface area contributed by atoms with Crippen molar-refractivity contribution in [2.24, 2.45) is 0 Å². The lowest BCUT2D eigenvalue weighted by Crippen LogP contribution is -1.93. The van der Waals surface area contributed by atoms with E-state index < -0.39 is 11.1 Å². The Bertz CT molecular complexity index is 114. The lowest BCUT2D eigenvalue weighted by atomic mass is 10.4. The Labute approximate surface area is 51.6 Å². The number of hydrogen-bond donors (Lipinski definition) is 0. The summed E-state index contributed by atoms with van der Waals surface area (Å²) in [6.45, 7) is 0. The van der Waals surface area contributed by atoms with Crippen molar-refractivity contribution in [1.29, 1.82) is 0 Å². The molecule has 1 atom stereocenters. The van der Waals surface area contributed by atoms with Gasteiger partial charge in [-0.2, -0.15) is 0 Å². The minimum atomic E-state index is -1.91. The zero-order valence-corrected chi connectivity index (χ0v) is 5.24. The van der Waals surface area contributed by atoms with Crippen LogP contribution in [0.5, 0.6) is 0 Å². The highest BCUT2D eigenvalue weighted by molar-refractivity contribution is 7.79. The van der Waals surface area contributed by atoms with E-state index in [2.05, 4.69) is 5.92 Å². The van der Waals surface area contributed by atoms with Crippen molar-refractivity contribution in [3.8, 4) is 12.3 Å². The van der Waals surface area contributed by atoms with E-state index in [-0.39, 0.29) is 5.75 Å². The maximum absolute atomic E-state index is 9.81. The Morgan fingerprint density at radius 2 is 2.38 bits per heavy atom. The monoisotopic (exact) mass is 131 g/mol. The Balaban J connectivity index is 2.97. The van der Waals surface area contributed by atoms with Crippen LogP contribution in [0.4, 0.5) is 0 Å². The third-order valence-corrected chi connectivity index (χ3v) is 1.25. The molecule has 0 aliphatic carbocycles. The van der Waals surface area contributed by atoms with Crippen molar-refractivity contribution in [1.82, 2.24) is 0 Å². The van der Waals surface area contributed by atoms with Gasteiger partial charge in [-0.3, -0.25) is 4.21 Å². The average molecular weight is 131 g/mol. The predicted octanol–water partition coefficient (Wildman–Crippen LogP) is 0.279. The number of rotatable bonds is 3. The summed E-state index contributed by atoms with van der Waals surface area (Å²) in [5.74, 6) is 2.53. The molecule has 0 rings (SSSR count). The lowest BCUT2D eigenvalue weighted by molar-refractivity contribution is 0.535. The van der Waals surface area contributed by atoms with Gasteiger partial charge in [-0.1, -0.05) is 11.1 Å². The molecular formula is C5H7O2S-. The minimum Gasteiger partial charge on any atom is -0.772 e. The van der Waals surface area contributed by atoms with Gasteiger partial charge in [0.15, 0.2) is 0 Å². The first kappa shape index (κ1) is 7.67. The van der Waals surface area contributed by atoms with E-state index in [4.69, 9.17) is 6.42 Å². The first-order valence-corrected chi connectivity index (χ1v) is 3.51. The molecule has 8 heavy (non-hydrogen) atoms. The van der Waals surface area contributed by atoms with Gasteiger partial charge in [0.25, 0.3) is 0 Å². The molecule has 0 aromatic carbocycles. The topological polar surface area (TPSA) is 40.1 Å². The summed E-state index contributed by atoms with van der Waals surface area (Å²) in [5.41, 5.74) is 0. The van der Waals surface area contributed by atoms with Gasteiger partial charge in [0.1, 0.15) is 0 Å². The zero-order chi connectivity index (χ0) is 6.41. The molecule has 0 radical (unpaired) electrons. The molecule has 0 bridgehead atoms. The molecule has 0 aromatic rings. The van der Waals surface area contributed by atoms with Gasteiger partial charge < -0.3 is 4.55 Å². The van der Waals surface area contributed by atoms with Crippen LogP contribution in [-0.2, 0) is 11.1 Å². The molecule has 46 valence electrons. The normalized spacial score (nSPS) is 12.5. The summed E-state index contributed by atoms with van der Waals surface area (Å²) in [6, 6.07) is 0. The SMILES string of the molecule is C#CCCCS(=O)[O-]. The van der Waals surface area contributed by atoms with Crippen LogP contribution < -0.4 is 0 Å². The van der Waals surface area contributed by atoms with Gasteiger partial charge in [0, 0.05) is 12.2 Å².